The first-order chi connectivity index (χ1) is 12.6. The van der Waals surface area contributed by atoms with Crippen LogP contribution in [0.15, 0.2) is 59.0 Å². The highest BCUT2D eigenvalue weighted by molar-refractivity contribution is 5.76. The maximum atomic E-state index is 13.6. The van der Waals surface area contributed by atoms with Crippen LogP contribution in [0.5, 0.6) is 0 Å². The summed E-state index contributed by atoms with van der Waals surface area (Å²) >= 11 is 0. The molecule has 0 aliphatic carbocycles. The molecule has 2 aromatic carbocycles. The summed E-state index contributed by atoms with van der Waals surface area (Å²) in [6.07, 6.45) is 1.19. The van der Waals surface area contributed by atoms with E-state index in [4.69, 9.17) is 4.42 Å². The van der Waals surface area contributed by atoms with Crippen molar-refractivity contribution in [3.63, 3.8) is 0 Å². The number of amides is 1. The van der Waals surface area contributed by atoms with Crippen molar-refractivity contribution in [2.75, 3.05) is 6.54 Å². The number of hydrogen-bond donors (Lipinski definition) is 1. The molecular weight excluding hydrogens is 331 g/mol. The fraction of sp³-hybridized carbons (Fsp3) is 0.238. The fourth-order valence-electron chi connectivity index (χ4n) is 2.81. The molecule has 0 aliphatic rings. The van der Waals surface area contributed by atoms with E-state index in [1.54, 1.807) is 18.2 Å². The van der Waals surface area contributed by atoms with Crippen LogP contribution in [0, 0.1) is 12.7 Å². The molecule has 0 bridgehead atoms. The van der Waals surface area contributed by atoms with E-state index < -0.39 is 0 Å². The summed E-state index contributed by atoms with van der Waals surface area (Å²) < 4.78 is 19.3. The quantitative estimate of drug-likeness (QED) is 0.697. The predicted molar refractivity (Wildman–Crippen MR) is 98.1 cm³/mol. The first-order valence-corrected chi connectivity index (χ1v) is 8.65. The average molecular weight is 352 g/mol. The number of nitrogens with zero attached hydrogens (tertiary/aromatic N) is 1. The van der Waals surface area contributed by atoms with Crippen LogP contribution in [-0.2, 0) is 17.6 Å². The monoisotopic (exact) mass is 352 g/mol. The lowest BCUT2D eigenvalue weighted by atomic mass is 10.1. The Balaban J connectivity index is 1.52. The van der Waals surface area contributed by atoms with Gasteiger partial charge in [-0.05, 0) is 18.1 Å². The summed E-state index contributed by atoms with van der Waals surface area (Å²) in [4.78, 5) is 16.4. The standard InChI is InChI=1S/C21H21FN2O2/c1-15-24-21(17-8-3-2-4-9-17)19(26-15)13-14-23-20(25)12-11-16-7-5-6-10-18(16)22/h2-10H,11-14H2,1H3,(H,23,25). The summed E-state index contributed by atoms with van der Waals surface area (Å²) in [7, 11) is 0. The van der Waals surface area contributed by atoms with Gasteiger partial charge in [-0.15, -0.1) is 0 Å². The third kappa shape index (κ3) is 4.57. The number of aromatic nitrogens is 1. The molecule has 0 aliphatic heterocycles. The van der Waals surface area contributed by atoms with Gasteiger partial charge in [0.05, 0.1) is 0 Å². The molecule has 0 atom stereocenters. The Morgan fingerprint density at radius 1 is 1.08 bits per heavy atom. The van der Waals surface area contributed by atoms with Crippen LogP contribution in [0.25, 0.3) is 11.3 Å². The summed E-state index contributed by atoms with van der Waals surface area (Å²) in [6.45, 7) is 2.26. The molecule has 0 radical (unpaired) electrons. The van der Waals surface area contributed by atoms with E-state index in [2.05, 4.69) is 10.3 Å². The number of aryl methyl sites for hydroxylation is 2. The van der Waals surface area contributed by atoms with E-state index in [1.807, 2.05) is 37.3 Å². The topological polar surface area (TPSA) is 55.1 Å². The van der Waals surface area contributed by atoms with Crippen LogP contribution >= 0.6 is 0 Å². The Labute approximate surface area is 152 Å². The lowest BCUT2D eigenvalue weighted by molar-refractivity contribution is -0.121. The molecule has 3 aromatic rings. The zero-order valence-corrected chi connectivity index (χ0v) is 14.7. The molecule has 26 heavy (non-hydrogen) atoms. The zero-order valence-electron chi connectivity index (χ0n) is 14.7. The molecule has 1 amide bonds. The van der Waals surface area contributed by atoms with Gasteiger partial charge in [-0.1, -0.05) is 48.5 Å². The highest BCUT2D eigenvalue weighted by atomic mass is 19.1. The summed E-state index contributed by atoms with van der Waals surface area (Å²) in [6, 6.07) is 16.3. The molecule has 5 heteroatoms. The van der Waals surface area contributed by atoms with Crippen LogP contribution in [0.3, 0.4) is 0 Å². The van der Waals surface area contributed by atoms with Gasteiger partial charge in [0.15, 0.2) is 5.89 Å². The second kappa shape index (κ2) is 8.43. The van der Waals surface area contributed by atoms with Gasteiger partial charge < -0.3 is 9.73 Å². The predicted octanol–water partition coefficient (Wildman–Crippen LogP) is 4.08. The van der Waals surface area contributed by atoms with Gasteiger partial charge in [0.1, 0.15) is 17.3 Å². The van der Waals surface area contributed by atoms with Crippen LogP contribution in [0.2, 0.25) is 0 Å². The zero-order chi connectivity index (χ0) is 18.4. The lowest BCUT2D eigenvalue weighted by Crippen LogP contribution is -2.26. The van der Waals surface area contributed by atoms with Gasteiger partial charge in [0.25, 0.3) is 0 Å². The Hall–Kier alpha value is -2.95. The smallest absolute Gasteiger partial charge is 0.220 e. The van der Waals surface area contributed by atoms with E-state index >= 15 is 0 Å². The first kappa shape index (κ1) is 17.9. The maximum absolute atomic E-state index is 13.6. The van der Waals surface area contributed by atoms with E-state index in [1.165, 1.54) is 6.07 Å². The van der Waals surface area contributed by atoms with Crippen molar-refractivity contribution < 1.29 is 13.6 Å². The van der Waals surface area contributed by atoms with Crippen molar-refractivity contribution >= 4 is 5.91 Å². The van der Waals surface area contributed by atoms with Gasteiger partial charge in [-0.25, -0.2) is 9.37 Å². The van der Waals surface area contributed by atoms with Crippen LogP contribution < -0.4 is 5.32 Å². The number of carbonyl (C=O) groups is 1. The van der Waals surface area contributed by atoms with Gasteiger partial charge in [0.2, 0.25) is 5.91 Å². The highest BCUT2D eigenvalue weighted by Gasteiger charge is 2.13. The van der Waals surface area contributed by atoms with Crippen LogP contribution in [0.1, 0.15) is 23.6 Å². The molecule has 0 fully saturated rings. The minimum absolute atomic E-state index is 0.106. The van der Waals surface area contributed by atoms with Crippen molar-refractivity contribution in [2.45, 2.75) is 26.2 Å². The number of benzene rings is 2. The average Bonchev–Trinajstić information content (AvgIpc) is 3.02. The Bertz CT molecular complexity index is 875. The molecule has 0 spiro atoms. The van der Waals surface area contributed by atoms with Crippen LogP contribution in [0.4, 0.5) is 4.39 Å². The van der Waals surface area contributed by atoms with Crippen molar-refractivity contribution in [3.05, 3.63) is 77.6 Å². The lowest BCUT2D eigenvalue weighted by Gasteiger charge is -2.06. The van der Waals surface area contributed by atoms with Gasteiger partial charge >= 0.3 is 0 Å². The third-order valence-corrected chi connectivity index (χ3v) is 4.10. The minimum atomic E-state index is -0.273. The molecule has 1 aromatic heterocycles. The van der Waals surface area contributed by atoms with Gasteiger partial charge in [-0.2, -0.15) is 0 Å². The fourth-order valence-corrected chi connectivity index (χ4v) is 2.81. The van der Waals surface area contributed by atoms with Crippen molar-refractivity contribution in [1.29, 1.82) is 0 Å². The third-order valence-electron chi connectivity index (χ3n) is 4.10. The molecule has 1 N–H and O–H groups in total. The SMILES string of the molecule is Cc1nc(-c2ccccc2)c(CCNC(=O)CCc2ccccc2F)o1. The van der Waals surface area contributed by atoms with Crippen molar-refractivity contribution in [1.82, 2.24) is 10.3 Å². The molecule has 0 unspecified atom stereocenters. The number of halogens is 1. The number of nitrogens with one attached hydrogen (secondary N) is 1. The molecule has 4 nitrogen and oxygen atoms in total. The molecule has 3 rings (SSSR count). The summed E-state index contributed by atoms with van der Waals surface area (Å²) in [5.74, 6) is 0.975. The van der Waals surface area contributed by atoms with Gasteiger partial charge in [-0.3, -0.25) is 4.79 Å². The summed E-state index contributed by atoms with van der Waals surface area (Å²) in [5.41, 5.74) is 2.36. The second-order valence-corrected chi connectivity index (χ2v) is 6.06. The number of hydrogen-bond acceptors (Lipinski definition) is 3. The summed E-state index contributed by atoms with van der Waals surface area (Å²) in [5, 5.41) is 2.86. The minimum Gasteiger partial charge on any atom is -0.445 e. The molecule has 0 saturated carbocycles. The normalized spacial score (nSPS) is 10.7. The number of carbonyl (C=O) groups excluding carboxylic acids is 1. The van der Waals surface area contributed by atoms with E-state index in [0.29, 0.717) is 30.8 Å². The van der Waals surface area contributed by atoms with E-state index in [9.17, 15) is 9.18 Å². The molecule has 1 heterocycles. The molecule has 134 valence electrons. The van der Waals surface area contributed by atoms with Crippen LogP contribution in [-0.4, -0.2) is 17.4 Å². The van der Waals surface area contributed by atoms with E-state index in [-0.39, 0.29) is 18.1 Å². The number of rotatable bonds is 7. The van der Waals surface area contributed by atoms with Gasteiger partial charge in [0, 0.05) is 31.9 Å². The maximum Gasteiger partial charge on any atom is 0.220 e. The Kier molecular flexibility index (Phi) is 5.79. The molecule has 0 saturated heterocycles. The number of oxazole rings is 1. The highest BCUT2D eigenvalue weighted by Crippen LogP contribution is 2.23. The molecular formula is C21H21FN2O2. The second-order valence-electron chi connectivity index (χ2n) is 6.06. The first-order valence-electron chi connectivity index (χ1n) is 8.65. The largest absolute Gasteiger partial charge is 0.445 e. The van der Waals surface area contributed by atoms with E-state index in [0.717, 1.165) is 17.0 Å². The Morgan fingerprint density at radius 3 is 2.58 bits per heavy atom. The van der Waals surface area contributed by atoms with Crippen molar-refractivity contribution in [3.8, 4) is 11.3 Å². The van der Waals surface area contributed by atoms with Crippen molar-refractivity contribution in [2.24, 2.45) is 0 Å². The Morgan fingerprint density at radius 2 is 1.81 bits per heavy atom.